The van der Waals surface area contributed by atoms with Crippen LogP contribution < -0.4 is 10.1 Å². The molecule has 2 atom stereocenters. The van der Waals surface area contributed by atoms with E-state index >= 15 is 0 Å². The van der Waals surface area contributed by atoms with E-state index in [1.807, 2.05) is 6.20 Å². The lowest BCUT2D eigenvalue weighted by atomic mass is 9.93. The molecule has 22 heavy (non-hydrogen) atoms. The summed E-state index contributed by atoms with van der Waals surface area (Å²) in [4.78, 5) is 7.18. The molecule has 1 N–H and O–H groups in total. The highest BCUT2D eigenvalue weighted by atomic mass is 35.5. The zero-order valence-corrected chi connectivity index (χ0v) is 15.2. The van der Waals surface area contributed by atoms with E-state index in [1.165, 1.54) is 38.0 Å². The summed E-state index contributed by atoms with van der Waals surface area (Å²) in [7, 11) is 1.74. The Kier molecular flexibility index (Phi) is 7.39. The van der Waals surface area contributed by atoms with Gasteiger partial charge < -0.3 is 10.1 Å². The zero-order chi connectivity index (χ0) is 14.1. The van der Waals surface area contributed by atoms with Crippen molar-refractivity contribution in [3.8, 4) is 5.75 Å². The Labute approximate surface area is 145 Å². The molecule has 0 radical (unpaired) electrons. The lowest BCUT2D eigenvalue weighted by molar-refractivity contribution is 0.154. The normalized spacial score (nSPS) is 24.1. The number of likely N-dealkylation sites (tertiary alicyclic amines) is 1. The SMILES string of the molecule is COc1c(C)cnc(CN2CCC3NCCC3C2)c1C.Cl.Cl. The maximum atomic E-state index is 5.51. The summed E-state index contributed by atoms with van der Waals surface area (Å²) < 4.78 is 5.51. The molecule has 6 heteroatoms. The summed E-state index contributed by atoms with van der Waals surface area (Å²) in [5.74, 6) is 1.82. The highest BCUT2D eigenvalue weighted by Crippen LogP contribution is 2.28. The van der Waals surface area contributed by atoms with Crippen molar-refractivity contribution in [1.82, 2.24) is 15.2 Å². The highest BCUT2D eigenvalue weighted by molar-refractivity contribution is 5.85. The summed E-state index contributed by atoms with van der Waals surface area (Å²) in [6.07, 6.45) is 4.53. The number of hydrogen-bond acceptors (Lipinski definition) is 4. The van der Waals surface area contributed by atoms with E-state index < -0.39 is 0 Å². The number of fused-ring (bicyclic) bond motifs is 1. The molecular weight excluding hydrogens is 321 g/mol. The molecule has 2 saturated heterocycles. The van der Waals surface area contributed by atoms with Gasteiger partial charge in [0, 0.05) is 43.0 Å². The minimum Gasteiger partial charge on any atom is -0.496 e. The van der Waals surface area contributed by atoms with Crippen molar-refractivity contribution in [2.75, 3.05) is 26.7 Å². The number of rotatable bonds is 3. The summed E-state index contributed by atoms with van der Waals surface area (Å²) in [5.41, 5.74) is 3.48. The highest BCUT2D eigenvalue weighted by Gasteiger charge is 2.32. The summed E-state index contributed by atoms with van der Waals surface area (Å²) >= 11 is 0. The number of methoxy groups -OCH3 is 1. The Hall–Kier alpha value is -0.550. The Morgan fingerprint density at radius 2 is 2.09 bits per heavy atom. The minimum absolute atomic E-state index is 0. The first-order valence-corrected chi connectivity index (χ1v) is 7.64. The van der Waals surface area contributed by atoms with Crippen LogP contribution in [0.1, 0.15) is 29.7 Å². The van der Waals surface area contributed by atoms with Gasteiger partial charge in [-0.15, -0.1) is 24.8 Å². The van der Waals surface area contributed by atoms with Crippen LogP contribution in [0.3, 0.4) is 0 Å². The van der Waals surface area contributed by atoms with Gasteiger partial charge in [0.15, 0.2) is 0 Å². The molecule has 126 valence electrons. The van der Waals surface area contributed by atoms with E-state index in [0.29, 0.717) is 0 Å². The maximum absolute atomic E-state index is 5.51. The number of ether oxygens (including phenoxy) is 1. The second-order valence-electron chi connectivity index (χ2n) is 6.18. The number of halogens is 2. The van der Waals surface area contributed by atoms with Crippen LogP contribution in [0.5, 0.6) is 5.75 Å². The molecule has 2 aliphatic rings. The van der Waals surface area contributed by atoms with Crippen molar-refractivity contribution in [3.05, 3.63) is 23.0 Å². The summed E-state index contributed by atoms with van der Waals surface area (Å²) in [6.45, 7) is 8.70. The van der Waals surface area contributed by atoms with E-state index in [2.05, 4.69) is 29.0 Å². The first-order chi connectivity index (χ1) is 9.69. The number of aromatic nitrogens is 1. The monoisotopic (exact) mass is 347 g/mol. The number of piperidine rings is 1. The predicted octanol–water partition coefficient (Wildman–Crippen LogP) is 2.73. The van der Waals surface area contributed by atoms with Crippen molar-refractivity contribution < 1.29 is 4.74 Å². The Bertz CT molecular complexity index is 499. The van der Waals surface area contributed by atoms with E-state index in [-0.39, 0.29) is 24.8 Å². The Morgan fingerprint density at radius 3 is 2.82 bits per heavy atom. The second-order valence-corrected chi connectivity index (χ2v) is 6.18. The summed E-state index contributed by atoms with van der Waals surface area (Å²) in [6, 6.07) is 0.757. The van der Waals surface area contributed by atoms with Crippen molar-refractivity contribution >= 4 is 24.8 Å². The molecule has 4 nitrogen and oxygen atoms in total. The van der Waals surface area contributed by atoms with Crippen LogP contribution in [-0.2, 0) is 6.54 Å². The molecule has 3 rings (SSSR count). The molecular formula is C16H27Cl2N3O. The fourth-order valence-corrected chi connectivity index (χ4v) is 3.71. The molecule has 0 amide bonds. The third kappa shape index (κ3) is 3.85. The molecule has 2 aliphatic heterocycles. The Balaban J connectivity index is 0.00000121. The van der Waals surface area contributed by atoms with Crippen LogP contribution in [0.25, 0.3) is 0 Å². The van der Waals surface area contributed by atoms with Gasteiger partial charge in [-0.2, -0.15) is 0 Å². The molecule has 0 spiro atoms. The van der Waals surface area contributed by atoms with Crippen LogP contribution in [-0.4, -0.2) is 42.7 Å². The van der Waals surface area contributed by atoms with Gasteiger partial charge in [0.05, 0.1) is 12.8 Å². The first kappa shape index (κ1) is 19.5. The van der Waals surface area contributed by atoms with Gasteiger partial charge in [0.2, 0.25) is 0 Å². The molecule has 0 saturated carbocycles. The van der Waals surface area contributed by atoms with E-state index in [9.17, 15) is 0 Å². The van der Waals surface area contributed by atoms with Gasteiger partial charge >= 0.3 is 0 Å². The van der Waals surface area contributed by atoms with E-state index in [4.69, 9.17) is 4.74 Å². The zero-order valence-electron chi connectivity index (χ0n) is 13.6. The largest absolute Gasteiger partial charge is 0.496 e. The van der Waals surface area contributed by atoms with Gasteiger partial charge in [-0.3, -0.25) is 9.88 Å². The third-order valence-electron chi connectivity index (χ3n) is 4.86. The van der Waals surface area contributed by atoms with Gasteiger partial charge in [-0.1, -0.05) is 0 Å². The van der Waals surface area contributed by atoms with Gasteiger partial charge in [-0.25, -0.2) is 0 Å². The molecule has 2 fully saturated rings. The molecule has 1 aromatic heterocycles. The smallest absolute Gasteiger partial charge is 0.128 e. The quantitative estimate of drug-likeness (QED) is 0.912. The first-order valence-electron chi connectivity index (χ1n) is 7.64. The van der Waals surface area contributed by atoms with Crippen LogP contribution in [0.15, 0.2) is 6.20 Å². The van der Waals surface area contributed by atoms with E-state index in [0.717, 1.165) is 35.5 Å². The van der Waals surface area contributed by atoms with Crippen molar-refractivity contribution in [1.29, 1.82) is 0 Å². The molecule has 0 aromatic carbocycles. The van der Waals surface area contributed by atoms with Crippen molar-refractivity contribution in [2.24, 2.45) is 5.92 Å². The topological polar surface area (TPSA) is 37.4 Å². The number of nitrogens with zero attached hydrogens (tertiary/aromatic N) is 2. The number of pyridine rings is 1. The van der Waals surface area contributed by atoms with Gasteiger partial charge in [0.25, 0.3) is 0 Å². The lowest BCUT2D eigenvalue weighted by Crippen LogP contribution is -2.44. The molecule has 2 unspecified atom stereocenters. The predicted molar refractivity (Wildman–Crippen MR) is 94.6 cm³/mol. The number of hydrogen-bond donors (Lipinski definition) is 1. The fourth-order valence-electron chi connectivity index (χ4n) is 3.71. The average Bonchev–Trinajstić information content (AvgIpc) is 2.90. The summed E-state index contributed by atoms with van der Waals surface area (Å²) in [5, 5.41) is 3.62. The van der Waals surface area contributed by atoms with Gasteiger partial charge in [0.1, 0.15) is 5.75 Å². The minimum atomic E-state index is 0. The second kappa shape index (κ2) is 8.34. The van der Waals surface area contributed by atoms with Crippen molar-refractivity contribution in [3.63, 3.8) is 0 Å². The van der Waals surface area contributed by atoms with Crippen LogP contribution in [0.2, 0.25) is 0 Å². The van der Waals surface area contributed by atoms with Crippen LogP contribution in [0, 0.1) is 19.8 Å². The number of nitrogens with one attached hydrogen (secondary N) is 1. The maximum Gasteiger partial charge on any atom is 0.128 e. The van der Waals surface area contributed by atoms with Gasteiger partial charge in [-0.05, 0) is 39.2 Å². The standard InChI is InChI=1S/C16H25N3O.2ClH/c1-11-8-18-15(12(2)16(11)20-3)10-19-7-5-14-13(9-19)4-6-17-14;;/h8,13-14,17H,4-7,9-10H2,1-3H3;2*1H. The third-order valence-corrected chi connectivity index (χ3v) is 4.86. The molecule has 0 aliphatic carbocycles. The molecule has 0 bridgehead atoms. The molecule has 3 heterocycles. The van der Waals surface area contributed by atoms with Crippen molar-refractivity contribution in [2.45, 2.75) is 39.3 Å². The number of aryl methyl sites for hydroxylation is 1. The lowest BCUT2D eigenvalue weighted by Gasteiger charge is -2.34. The van der Waals surface area contributed by atoms with Crippen LogP contribution in [0.4, 0.5) is 0 Å². The van der Waals surface area contributed by atoms with E-state index in [1.54, 1.807) is 7.11 Å². The molecule has 1 aromatic rings. The Morgan fingerprint density at radius 1 is 1.32 bits per heavy atom. The van der Waals surface area contributed by atoms with Crippen LogP contribution >= 0.6 is 24.8 Å². The average molecular weight is 348 g/mol. The fraction of sp³-hybridized carbons (Fsp3) is 0.688.